The maximum Gasteiger partial charge on any atom is 0.335 e. The molecule has 1 aromatic carbocycles. The number of hydrogen-bond acceptors (Lipinski definition) is 8. The Kier molecular flexibility index (Phi) is 5.64. The van der Waals surface area contributed by atoms with E-state index in [9.17, 15) is 14.4 Å². The molecule has 10 heteroatoms. The fourth-order valence-corrected chi connectivity index (χ4v) is 5.70. The summed E-state index contributed by atoms with van der Waals surface area (Å²) in [6.45, 7) is 1.08. The Labute approximate surface area is 184 Å². The maximum absolute atomic E-state index is 12.3. The first-order chi connectivity index (χ1) is 15.1. The molecule has 10 nitrogen and oxygen atoms in total. The number of aliphatic carboxylic acids is 2. The lowest BCUT2D eigenvalue weighted by molar-refractivity contribution is -0.165. The zero-order valence-corrected chi connectivity index (χ0v) is 17.9. The fraction of sp³-hybridized carbons (Fsp3) is 0.591. The van der Waals surface area contributed by atoms with Gasteiger partial charge in [-0.25, -0.2) is 9.59 Å². The second-order valence-corrected chi connectivity index (χ2v) is 8.95. The minimum atomic E-state index is -2.27. The second-order valence-electron chi connectivity index (χ2n) is 8.95. The number of fused-ring (bicyclic) bond motifs is 3. The number of carbonyl (C=O) groups is 3. The molecule has 2 bridgehead atoms. The molecule has 32 heavy (non-hydrogen) atoms. The van der Waals surface area contributed by atoms with Crippen LogP contribution in [0.4, 0.5) is 0 Å². The highest BCUT2D eigenvalue weighted by atomic mass is 16.6. The molecule has 4 N–H and O–H groups in total. The highest BCUT2D eigenvalue weighted by molar-refractivity contribution is 5.83. The van der Waals surface area contributed by atoms with Crippen molar-refractivity contribution in [1.82, 2.24) is 4.90 Å². The number of likely N-dealkylation sites (tertiary alicyclic amines) is 1. The van der Waals surface area contributed by atoms with E-state index >= 15 is 0 Å². The zero-order chi connectivity index (χ0) is 23.4. The molecule has 2 unspecified atom stereocenters. The van der Waals surface area contributed by atoms with Crippen LogP contribution in [0.2, 0.25) is 0 Å². The average molecular weight is 449 g/mol. The number of carbonyl (C=O) groups excluding carboxylic acids is 1. The van der Waals surface area contributed by atoms with Gasteiger partial charge in [-0.05, 0) is 50.4 Å². The number of carboxylic acid groups (broad SMARTS) is 2. The van der Waals surface area contributed by atoms with Crippen molar-refractivity contribution in [3.63, 3.8) is 0 Å². The van der Waals surface area contributed by atoms with Gasteiger partial charge < -0.3 is 34.8 Å². The maximum atomic E-state index is 12.3. The van der Waals surface area contributed by atoms with Crippen molar-refractivity contribution in [2.24, 2.45) is 5.92 Å². The number of aliphatic hydroxyl groups excluding tert-OH is 2. The summed E-state index contributed by atoms with van der Waals surface area (Å²) in [6, 6.07) is 2.73. The van der Waals surface area contributed by atoms with Gasteiger partial charge >= 0.3 is 11.9 Å². The van der Waals surface area contributed by atoms with E-state index in [1.807, 2.05) is 0 Å². The number of ether oxygens (including phenoxy) is 2. The predicted molar refractivity (Wildman–Crippen MR) is 109 cm³/mol. The van der Waals surface area contributed by atoms with Crippen LogP contribution in [0.3, 0.4) is 0 Å². The standard InChI is InChI=1S/C18H21NO3.C4H6O6/c1-19-6-5-18-9-10(20)3-4-12(18)14(19)7-11-13(18)8-15(21-2)17-16(11)22-17;5-1(3(7)8)2(6)4(9)10/h8,12,14H,3-7,9H2,1-2H3;1-2,5-6H,(H,7,8)(H,9,10)/t12-,14+,18-;/m0./s1. The number of benzene rings is 1. The van der Waals surface area contributed by atoms with Gasteiger partial charge in [0.25, 0.3) is 0 Å². The molecular weight excluding hydrogens is 422 g/mol. The smallest absolute Gasteiger partial charge is 0.335 e. The summed E-state index contributed by atoms with van der Waals surface area (Å²) in [5.41, 5.74) is 2.72. The molecule has 0 amide bonds. The minimum Gasteiger partial charge on any atom is -0.493 e. The lowest BCUT2D eigenvalue weighted by atomic mass is 9.52. The van der Waals surface area contributed by atoms with Crippen molar-refractivity contribution in [2.75, 3.05) is 20.7 Å². The van der Waals surface area contributed by atoms with Gasteiger partial charge in [-0.3, -0.25) is 4.79 Å². The van der Waals surface area contributed by atoms with Gasteiger partial charge in [-0.1, -0.05) is 0 Å². The van der Waals surface area contributed by atoms with Crippen LogP contribution in [-0.2, 0) is 26.2 Å². The first kappa shape index (κ1) is 22.5. The van der Waals surface area contributed by atoms with E-state index in [2.05, 4.69) is 18.0 Å². The van der Waals surface area contributed by atoms with E-state index in [1.165, 1.54) is 11.1 Å². The highest BCUT2D eigenvalue weighted by Gasteiger charge is 2.57. The van der Waals surface area contributed by atoms with Crippen molar-refractivity contribution < 1.29 is 44.3 Å². The largest absolute Gasteiger partial charge is 0.493 e. The molecule has 1 aromatic rings. The topological polar surface area (TPSA) is 157 Å². The summed E-state index contributed by atoms with van der Waals surface area (Å²) in [5, 5.41) is 32.5. The molecule has 2 aliphatic heterocycles. The van der Waals surface area contributed by atoms with Crippen LogP contribution in [0.5, 0.6) is 17.2 Å². The molecule has 0 aromatic heterocycles. The summed E-state index contributed by atoms with van der Waals surface area (Å²) in [4.78, 5) is 34.3. The Morgan fingerprint density at radius 1 is 1.22 bits per heavy atom. The second kappa shape index (κ2) is 8.02. The number of Topliss-reactive ketones (excluding diaryl/α,β-unsaturated/α-hetero) is 1. The monoisotopic (exact) mass is 449 g/mol. The van der Waals surface area contributed by atoms with E-state index in [-0.39, 0.29) is 5.41 Å². The van der Waals surface area contributed by atoms with Gasteiger partial charge in [0, 0.05) is 29.9 Å². The number of nitrogens with zero attached hydrogens (tertiary/aromatic N) is 1. The molecule has 4 aliphatic rings. The van der Waals surface area contributed by atoms with Gasteiger partial charge in [-0.15, -0.1) is 0 Å². The molecule has 1 saturated carbocycles. The first-order valence-corrected chi connectivity index (χ1v) is 10.6. The molecular formula is C22H27NO9. The Hall–Kier alpha value is -2.69. The quantitative estimate of drug-likeness (QED) is 0.486. The molecule has 1 saturated heterocycles. The van der Waals surface area contributed by atoms with Crippen LogP contribution in [0.1, 0.15) is 36.8 Å². The van der Waals surface area contributed by atoms with Gasteiger partial charge in [0.15, 0.2) is 23.7 Å². The highest BCUT2D eigenvalue weighted by Crippen LogP contribution is 2.63. The lowest BCUT2D eigenvalue weighted by Crippen LogP contribution is -2.60. The van der Waals surface area contributed by atoms with Crippen LogP contribution in [0, 0.1) is 5.92 Å². The molecule has 0 spiro atoms. The van der Waals surface area contributed by atoms with Gasteiger partial charge in [-0.2, -0.15) is 0 Å². The lowest BCUT2D eigenvalue weighted by Gasteiger charge is -2.57. The Balaban J connectivity index is 0.000000211. The van der Waals surface area contributed by atoms with E-state index in [0.717, 1.165) is 49.5 Å². The van der Waals surface area contributed by atoms with Gasteiger partial charge in [0.05, 0.1) is 7.11 Å². The van der Waals surface area contributed by atoms with Crippen molar-refractivity contribution in [1.29, 1.82) is 0 Å². The van der Waals surface area contributed by atoms with Crippen molar-refractivity contribution in [2.45, 2.75) is 55.8 Å². The van der Waals surface area contributed by atoms with E-state index in [4.69, 9.17) is 29.9 Å². The van der Waals surface area contributed by atoms with E-state index in [0.29, 0.717) is 24.2 Å². The molecule has 2 aliphatic carbocycles. The van der Waals surface area contributed by atoms with Crippen molar-refractivity contribution in [3.05, 3.63) is 17.2 Å². The Bertz CT molecular complexity index is 959. The van der Waals surface area contributed by atoms with E-state index < -0.39 is 24.1 Å². The first-order valence-electron chi connectivity index (χ1n) is 10.6. The predicted octanol–water partition coefficient (Wildman–Crippen LogP) is 0.546. The third-order valence-corrected chi connectivity index (χ3v) is 7.34. The number of ketones is 1. The summed E-state index contributed by atoms with van der Waals surface area (Å²) in [5.74, 6) is 0.279. The van der Waals surface area contributed by atoms with Crippen LogP contribution in [-0.4, -0.2) is 82.0 Å². The minimum absolute atomic E-state index is 0.0222. The Morgan fingerprint density at radius 3 is 2.47 bits per heavy atom. The molecule has 2 heterocycles. The summed E-state index contributed by atoms with van der Waals surface area (Å²) < 4.78 is 11.2. The molecule has 5 rings (SSSR count). The van der Waals surface area contributed by atoms with Gasteiger partial charge in [0.2, 0.25) is 5.75 Å². The zero-order valence-electron chi connectivity index (χ0n) is 17.9. The molecule has 174 valence electrons. The average Bonchev–Trinajstić information content (AvgIpc) is 3.56. The van der Waals surface area contributed by atoms with Gasteiger partial charge in [0.1, 0.15) is 5.78 Å². The normalized spacial score (nSPS) is 29.1. The third kappa shape index (κ3) is 3.52. The number of likely N-dealkylation sites (N-methyl/N-ethyl adjacent to an activating group) is 1. The fourth-order valence-electron chi connectivity index (χ4n) is 5.70. The van der Waals surface area contributed by atoms with Crippen LogP contribution in [0.25, 0.3) is 0 Å². The van der Waals surface area contributed by atoms with E-state index in [1.54, 1.807) is 7.11 Å². The SMILES string of the molecule is COc1cc2c(c3c1O3)C[C@@H]1[C@@H]3CCC(=O)C[C@]23CCN1C.O=C(O)C(O)C(O)C(=O)O. The molecule has 0 radical (unpaired) electrons. The third-order valence-electron chi connectivity index (χ3n) is 7.34. The van der Waals surface area contributed by atoms with Crippen molar-refractivity contribution in [3.8, 4) is 17.2 Å². The van der Waals surface area contributed by atoms with Crippen molar-refractivity contribution >= 4 is 17.7 Å². The number of hydrogen-bond donors (Lipinski definition) is 4. The summed E-state index contributed by atoms with van der Waals surface area (Å²) in [7, 11) is 3.93. The number of methoxy groups -OCH3 is 1. The molecule has 5 atom stereocenters. The number of carboxylic acids is 2. The summed E-state index contributed by atoms with van der Waals surface area (Å²) in [6.07, 6.45) is 0.0919. The summed E-state index contributed by atoms with van der Waals surface area (Å²) >= 11 is 0. The number of aliphatic hydroxyl groups is 2. The Morgan fingerprint density at radius 2 is 1.88 bits per heavy atom. The van der Waals surface area contributed by atoms with Crippen LogP contribution in [0.15, 0.2) is 6.07 Å². The van der Waals surface area contributed by atoms with Crippen LogP contribution < -0.4 is 9.47 Å². The number of rotatable bonds is 4. The number of piperidine rings is 1. The van der Waals surface area contributed by atoms with Crippen LogP contribution >= 0.6 is 0 Å². The molecule has 2 fully saturated rings.